The van der Waals surface area contributed by atoms with E-state index in [1.807, 2.05) is 21.9 Å². The molecule has 4 aromatic rings. The van der Waals surface area contributed by atoms with Crippen molar-refractivity contribution in [3.05, 3.63) is 58.8 Å². The maximum absolute atomic E-state index is 14.6. The molecule has 4 heterocycles. The van der Waals surface area contributed by atoms with Crippen molar-refractivity contribution in [2.75, 3.05) is 39.8 Å². The summed E-state index contributed by atoms with van der Waals surface area (Å²) in [6.45, 7) is 8.86. The van der Waals surface area contributed by atoms with Gasteiger partial charge >= 0.3 is 5.97 Å². The van der Waals surface area contributed by atoms with E-state index in [-0.39, 0.29) is 11.8 Å². The number of hydrogen-bond acceptors (Lipinski definition) is 4. The van der Waals surface area contributed by atoms with E-state index >= 15 is 0 Å². The molecule has 9 nitrogen and oxygen atoms in total. The quantitative estimate of drug-likeness (QED) is 0.278. The van der Waals surface area contributed by atoms with Crippen molar-refractivity contribution < 1.29 is 19.5 Å². The summed E-state index contributed by atoms with van der Waals surface area (Å²) in [7, 11) is 2.10. The van der Waals surface area contributed by atoms with Gasteiger partial charge in [-0.3, -0.25) is 9.59 Å². The molecule has 1 saturated carbocycles. The van der Waals surface area contributed by atoms with Crippen molar-refractivity contribution in [2.45, 2.75) is 77.9 Å². The van der Waals surface area contributed by atoms with E-state index < -0.39 is 5.97 Å². The maximum Gasteiger partial charge on any atom is 0.335 e. The number of carbonyl (C=O) groups is 3. The van der Waals surface area contributed by atoms with Crippen LogP contribution in [0.25, 0.3) is 33.1 Å². The summed E-state index contributed by atoms with van der Waals surface area (Å²) in [5.74, 6) is -0.399. The number of para-hydroxylation sites is 1. The van der Waals surface area contributed by atoms with E-state index in [2.05, 4.69) is 46.2 Å². The molecule has 2 fully saturated rings. The molecular formula is C37H45N5O4. The molecule has 1 saturated heterocycles. The summed E-state index contributed by atoms with van der Waals surface area (Å²) in [5, 5.41) is 12.2. The number of fused-ring (bicyclic) bond motifs is 4. The lowest BCUT2D eigenvalue weighted by Crippen LogP contribution is -2.50. The molecule has 1 N–H and O–H groups in total. The fourth-order valence-electron chi connectivity index (χ4n) is 8.28. The Balaban J connectivity index is 1.47. The molecule has 2 aromatic carbocycles. The Morgan fingerprint density at radius 1 is 0.870 bits per heavy atom. The number of carboxylic acid groups (broad SMARTS) is 1. The van der Waals surface area contributed by atoms with Gasteiger partial charge in [-0.1, -0.05) is 50.5 Å². The minimum Gasteiger partial charge on any atom is -0.478 e. The third kappa shape index (κ3) is 5.09. The van der Waals surface area contributed by atoms with Crippen LogP contribution in [-0.4, -0.2) is 86.5 Å². The van der Waals surface area contributed by atoms with Crippen molar-refractivity contribution in [3.63, 3.8) is 0 Å². The Morgan fingerprint density at radius 3 is 2.28 bits per heavy atom. The van der Waals surface area contributed by atoms with Crippen molar-refractivity contribution in [1.29, 1.82) is 0 Å². The second kappa shape index (κ2) is 12.2. The predicted molar refractivity (Wildman–Crippen MR) is 180 cm³/mol. The van der Waals surface area contributed by atoms with Crippen LogP contribution in [0.5, 0.6) is 0 Å². The maximum atomic E-state index is 14.6. The Hall–Kier alpha value is -4.11. The molecule has 0 spiro atoms. The first-order chi connectivity index (χ1) is 22.3. The molecule has 2 aliphatic heterocycles. The highest BCUT2D eigenvalue weighted by atomic mass is 16.4. The van der Waals surface area contributed by atoms with Crippen LogP contribution in [0.2, 0.25) is 0 Å². The highest BCUT2D eigenvalue weighted by Gasteiger charge is 2.34. The van der Waals surface area contributed by atoms with Gasteiger partial charge in [0.2, 0.25) is 5.91 Å². The smallest absolute Gasteiger partial charge is 0.335 e. The van der Waals surface area contributed by atoms with E-state index in [1.54, 1.807) is 13.0 Å². The number of amides is 2. The van der Waals surface area contributed by atoms with Gasteiger partial charge in [-0.25, -0.2) is 4.79 Å². The van der Waals surface area contributed by atoms with E-state index in [1.165, 1.54) is 30.5 Å². The van der Waals surface area contributed by atoms with E-state index in [4.69, 9.17) is 0 Å². The van der Waals surface area contributed by atoms with Crippen LogP contribution in [0.3, 0.4) is 0 Å². The molecule has 0 unspecified atom stereocenters. The van der Waals surface area contributed by atoms with Crippen molar-refractivity contribution in [3.8, 4) is 11.3 Å². The number of piperazine rings is 1. The van der Waals surface area contributed by atoms with E-state index in [0.717, 1.165) is 71.0 Å². The van der Waals surface area contributed by atoms with E-state index in [0.29, 0.717) is 50.7 Å². The molecule has 7 rings (SSSR count). The lowest BCUT2D eigenvalue weighted by Gasteiger charge is -2.34. The minimum absolute atomic E-state index is 0.0459. The number of aryl methyl sites for hydroxylation is 2. The summed E-state index contributed by atoms with van der Waals surface area (Å²) in [6.07, 6.45) is 6.74. The molecule has 3 aliphatic rings. The first-order valence-corrected chi connectivity index (χ1v) is 17.1. The third-order valence-electron chi connectivity index (χ3n) is 10.8. The molecule has 0 bridgehead atoms. The molecule has 242 valence electrons. The first kappa shape index (κ1) is 30.5. The Bertz CT molecular complexity index is 1840. The highest BCUT2D eigenvalue weighted by molar-refractivity contribution is 6.08. The lowest BCUT2D eigenvalue weighted by molar-refractivity contribution is -0.130. The summed E-state index contributed by atoms with van der Waals surface area (Å²) in [6, 6.07) is 12.2. The van der Waals surface area contributed by atoms with Crippen LogP contribution in [0.15, 0.2) is 36.4 Å². The number of aromatic nitrogens is 2. The molecule has 0 radical (unpaired) electrons. The number of carboxylic acids is 1. The van der Waals surface area contributed by atoms with Gasteiger partial charge in [-0.2, -0.15) is 0 Å². The standard InChI is InChI=1S/C37H45N5O4/c1-4-38(3)23-30-27-12-8-13-29-33(27)42(35(30)36(44)40-20-18-39(19-21-40)24(2)43)17-9-16-41-31-22-26(37(45)46)14-15-28(31)32(34(29)41)25-10-6-5-7-11-25/h8,12-15,22,25H,4-7,9-11,16-21,23H2,1-3H3,(H,45,46). The van der Waals surface area contributed by atoms with Crippen molar-refractivity contribution in [1.82, 2.24) is 23.8 Å². The fraction of sp³-hybridized carbons (Fsp3) is 0.486. The van der Waals surface area contributed by atoms with Gasteiger partial charge < -0.3 is 28.9 Å². The molecule has 2 amide bonds. The Morgan fingerprint density at radius 2 is 1.59 bits per heavy atom. The molecule has 9 heteroatoms. The number of benzene rings is 2. The molecule has 2 aromatic heterocycles. The SMILES string of the molecule is CCN(C)Cc1c(C(=O)N2CCN(C(C)=O)CC2)n2c3c(cccc13)-c1c(C3CCCCC3)c3ccc(C(=O)O)cc3n1CCC2. The summed E-state index contributed by atoms with van der Waals surface area (Å²) >= 11 is 0. The minimum atomic E-state index is -0.907. The molecule has 0 atom stereocenters. The number of rotatable bonds is 6. The Labute approximate surface area is 270 Å². The average Bonchev–Trinajstić information content (AvgIpc) is 3.55. The van der Waals surface area contributed by atoms with Crippen LogP contribution in [0.4, 0.5) is 0 Å². The van der Waals surface area contributed by atoms with Crippen molar-refractivity contribution >= 4 is 39.6 Å². The van der Waals surface area contributed by atoms with Gasteiger partial charge in [0.25, 0.3) is 5.91 Å². The Kier molecular flexibility index (Phi) is 8.13. The van der Waals surface area contributed by atoms with Gasteiger partial charge in [0.05, 0.1) is 16.8 Å². The van der Waals surface area contributed by atoms with Crippen LogP contribution in [-0.2, 0) is 24.4 Å². The zero-order valence-electron chi connectivity index (χ0n) is 27.3. The average molecular weight is 624 g/mol. The number of hydrogen-bond donors (Lipinski definition) is 1. The molecule has 1 aliphatic carbocycles. The highest BCUT2D eigenvalue weighted by Crippen LogP contribution is 2.47. The lowest BCUT2D eigenvalue weighted by atomic mass is 9.81. The van der Waals surface area contributed by atoms with Gasteiger partial charge in [-0.05, 0) is 56.5 Å². The normalized spacial score (nSPS) is 17.4. The zero-order chi connectivity index (χ0) is 32.1. The van der Waals surface area contributed by atoms with Gasteiger partial charge in [0.15, 0.2) is 0 Å². The predicted octanol–water partition coefficient (Wildman–Crippen LogP) is 6.17. The second-order valence-corrected chi connectivity index (χ2v) is 13.4. The molecule has 46 heavy (non-hydrogen) atoms. The van der Waals surface area contributed by atoms with Crippen molar-refractivity contribution in [2.24, 2.45) is 0 Å². The van der Waals surface area contributed by atoms with Crippen LogP contribution in [0.1, 0.15) is 90.3 Å². The largest absolute Gasteiger partial charge is 0.478 e. The van der Waals surface area contributed by atoms with Gasteiger partial charge in [0, 0.05) is 80.2 Å². The summed E-state index contributed by atoms with van der Waals surface area (Å²) < 4.78 is 4.69. The zero-order valence-corrected chi connectivity index (χ0v) is 27.3. The van der Waals surface area contributed by atoms with Gasteiger partial charge in [0.1, 0.15) is 5.69 Å². The van der Waals surface area contributed by atoms with Crippen LogP contribution < -0.4 is 0 Å². The van der Waals surface area contributed by atoms with Crippen LogP contribution >= 0.6 is 0 Å². The summed E-state index contributed by atoms with van der Waals surface area (Å²) in [5.41, 5.74) is 7.92. The first-order valence-electron chi connectivity index (χ1n) is 17.1. The third-order valence-corrected chi connectivity index (χ3v) is 10.8. The summed E-state index contributed by atoms with van der Waals surface area (Å²) in [4.78, 5) is 44.7. The number of aromatic carboxylic acids is 1. The topological polar surface area (TPSA) is 91.0 Å². The number of nitrogens with zero attached hydrogens (tertiary/aromatic N) is 5. The monoisotopic (exact) mass is 623 g/mol. The van der Waals surface area contributed by atoms with Gasteiger partial charge in [-0.15, -0.1) is 0 Å². The van der Waals surface area contributed by atoms with E-state index in [9.17, 15) is 19.5 Å². The molecular weight excluding hydrogens is 578 g/mol. The number of carbonyl (C=O) groups excluding carboxylic acids is 2. The van der Waals surface area contributed by atoms with Crippen LogP contribution in [0, 0.1) is 0 Å². The second-order valence-electron chi connectivity index (χ2n) is 13.4. The fourth-order valence-corrected chi connectivity index (χ4v) is 8.28.